The van der Waals surface area contributed by atoms with Gasteiger partial charge in [0.2, 0.25) is 5.76 Å². The lowest BCUT2D eigenvalue weighted by molar-refractivity contribution is -0.0393. The summed E-state index contributed by atoms with van der Waals surface area (Å²) in [5.74, 6) is 0.230. The second-order valence-corrected chi connectivity index (χ2v) is 6.97. The molecule has 0 radical (unpaired) electrons. The van der Waals surface area contributed by atoms with Gasteiger partial charge in [0.1, 0.15) is 0 Å². The largest absolute Gasteiger partial charge is 0.373 e. The van der Waals surface area contributed by atoms with E-state index < -0.39 is 0 Å². The number of amides is 1. The number of piperidine rings is 1. The van der Waals surface area contributed by atoms with Crippen molar-refractivity contribution in [3.05, 3.63) is 48.4 Å². The molecule has 6 heteroatoms. The molecule has 132 valence electrons. The Morgan fingerprint density at radius 3 is 2.68 bits per heavy atom. The van der Waals surface area contributed by atoms with Gasteiger partial charge < -0.3 is 19.1 Å². The molecule has 25 heavy (non-hydrogen) atoms. The van der Waals surface area contributed by atoms with Crippen LogP contribution in [0.4, 0.5) is 5.69 Å². The van der Waals surface area contributed by atoms with Gasteiger partial charge in [0.15, 0.2) is 0 Å². The molecule has 2 aliphatic rings. The van der Waals surface area contributed by atoms with Crippen LogP contribution in [0.25, 0.3) is 0 Å². The maximum absolute atomic E-state index is 12.4. The lowest BCUT2D eigenvalue weighted by Gasteiger charge is -2.38. The molecule has 3 heterocycles. The van der Waals surface area contributed by atoms with E-state index in [1.165, 1.54) is 11.9 Å². The fraction of sp³-hybridized carbons (Fsp3) is 0.474. The zero-order valence-electron chi connectivity index (χ0n) is 14.4. The van der Waals surface area contributed by atoms with Crippen LogP contribution >= 0.6 is 0 Å². The van der Waals surface area contributed by atoms with E-state index in [4.69, 9.17) is 9.26 Å². The fourth-order valence-electron chi connectivity index (χ4n) is 3.89. The average Bonchev–Trinajstić information content (AvgIpc) is 3.33. The highest BCUT2D eigenvalue weighted by atomic mass is 16.5. The maximum Gasteiger partial charge on any atom is 0.292 e. The van der Waals surface area contributed by atoms with E-state index in [1.807, 2.05) is 11.0 Å². The summed E-state index contributed by atoms with van der Waals surface area (Å²) in [7, 11) is 2.13. The van der Waals surface area contributed by atoms with Crippen molar-refractivity contribution in [3.8, 4) is 0 Å². The van der Waals surface area contributed by atoms with E-state index >= 15 is 0 Å². The van der Waals surface area contributed by atoms with E-state index in [0.29, 0.717) is 24.9 Å². The van der Waals surface area contributed by atoms with Crippen molar-refractivity contribution in [3.63, 3.8) is 0 Å². The lowest BCUT2D eigenvalue weighted by atomic mass is 9.87. The van der Waals surface area contributed by atoms with Gasteiger partial charge in [-0.25, -0.2) is 0 Å². The molecule has 1 spiro atoms. The highest BCUT2D eigenvalue weighted by Crippen LogP contribution is 2.38. The van der Waals surface area contributed by atoms with Crippen molar-refractivity contribution >= 4 is 11.6 Å². The van der Waals surface area contributed by atoms with Crippen molar-refractivity contribution in [2.75, 3.05) is 31.6 Å². The monoisotopic (exact) mass is 341 g/mol. The normalized spacial score (nSPS) is 22.3. The van der Waals surface area contributed by atoms with Gasteiger partial charge in [-0.3, -0.25) is 4.79 Å². The van der Waals surface area contributed by atoms with E-state index in [9.17, 15) is 4.79 Å². The average molecular weight is 341 g/mol. The number of hydrogen-bond acceptors (Lipinski definition) is 5. The Balaban J connectivity index is 1.37. The maximum atomic E-state index is 12.4. The van der Waals surface area contributed by atoms with Crippen molar-refractivity contribution in [2.24, 2.45) is 0 Å². The molecule has 2 aliphatic heterocycles. The first-order chi connectivity index (χ1) is 12.2. The summed E-state index contributed by atoms with van der Waals surface area (Å²) in [4.78, 5) is 16.5. The first-order valence-corrected chi connectivity index (χ1v) is 8.79. The van der Waals surface area contributed by atoms with Gasteiger partial charge >= 0.3 is 0 Å². The summed E-state index contributed by atoms with van der Waals surface area (Å²) in [6.07, 6.45) is 4.24. The Morgan fingerprint density at radius 2 is 2.00 bits per heavy atom. The lowest BCUT2D eigenvalue weighted by Crippen LogP contribution is -2.47. The number of likely N-dealkylation sites (N-methyl/N-ethyl adjacent to an activating group) is 1. The third-order valence-electron chi connectivity index (χ3n) is 5.51. The van der Waals surface area contributed by atoms with Gasteiger partial charge in [0, 0.05) is 31.9 Å². The number of para-hydroxylation sites is 1. The predicted octanol–water partition coefficient (Wildman–Crippen LogP) is 2.57. The van der Waals surface area contributed by atoms with E-state index in [1.54, 1.807) is 6.07 Å². The summed E-state index contributed by atoms with van der Waals surface area (Å²) in [6, 6.07) is 12.4. The Kier molecular flexibility index (Phi) is 4.21. The Hall–Kier alpha value is -2.34. The zero-order valence-corrected chi connectivity index (χ0v) is 14.4. The third-order valence-corrected chi connectivity index (χ3v) is 5.51. The van der Waals surface area contributed by atoms with Crippen molar-refractivity contribution in [1.29, 1.82) is 0 Å². The highest BCUT2D eigenvalue weighted by Gasteiger charge is 2.44. The van der Waals surface area contributed by atoms with Gasteiger partial charge in [0.05, 0.1) is 24.4 Å². The number of carbonyl (C=O) groups excluding carboxylic acids is 1. The molecule has 0 aliphatic carbocycles. The summed E-state index contributed by atoms with van der Waals surface area (Å²) < 4.78 is 11.2. The molecule has 4 rings (SSSR count). The van der Waals surface area contributed by atoms with Crippen LogP contribution in [0.3, 0.4) is 0 Å². The molecule has 1 atom stereocenters. The smallest absolute Gasteiger partial charge is 0.292 e. The molecule has 6 nitrogen and oxygen atoms in total. The molecular weight excluding hydrogens is 318 g/mol. The molecular formula is C19H23N3O3. The van der Waals surface area contributed by atoms with Crippen LogP contribution in [0.15, 0.2) is 47.1 Å². The van der Waals surface area contributed by atoms with Gasteiger partial charge in [-0.05, 0) is 31.4 Å². The Morgan fingerprint density at radius 1 is 1.24 bits per heavy atom. The molecule has 0 saturated carbocycles. The molecule has 0 bridgehead atoms. The van der Waals surface area contributed by atoms with E-state index in [2.05, 4.69) is 41.4 Å². The topological polar surface area (TPSA) is 58.8 Å². The molecule has 1 aromatic carbocycles. The molecule has 0 N–H and O–H groups in total. The Labute approximate surface area is 147 Å². The van der Waals surface area contributed by atoms with Crippen molar-refractivity contribution in [2.45, 2.75) is 30.9 Å². The van der Waals surface area contributed by atoms with Crippen molar-refractivity contribution < 1.29 is 14.1 Å². The van der Waals surface area contributed by atoms with Crippen LogP contribution in [0, 0.1) is 0 Å². The van der Waals surface area contributed by atoms with Gasteiger partial charge in [-0.1, -0.05) is 23.4 Å². The molecule has 2 saturated heterocycles. The number of ether oxygens (including phenoxy) is 1. The predicted molar refractivity (Wildman–Crippen MR) is 93.6 cm³/mol. The molecule has 2 fully saturated rings. The summed E-state index contributed by atoms with van der Waals surface area (Å²) in [6.45, 7) is 2.13. The number of rotatable bonds is 3. The number of likely N-dealkylation sites (tertiary alicyclic amines) is 1. The minimum absolute atomic E-state index is 0.0803. The van der Waals surface area contributed by atoms with Gasteiger partial charge in [-0.15, -0.1) is 0 Å². The molecule has 0 unspecified atom stereocenters. The van der Waals surface area contributed by atoms with Gasteiger partial charge in [-0.2, -0.15) is 0 Å². The second kappa shape index (κ2) is 6.52. The van der Waals surface area contributed by atoms with Crippen LogP contribution in [0.5, 0.6) is 0 Å². The summed E-state index contributed by atoms with van der Waals surface area (Å²) >= 11 is 0. The number of aromatic nitrogens is 1. The second-order valence-electron chi connectivity index (χ2n) is 6.97. The van der Waals surface area contributed by atoms with Crippen LogP contribution in [-0.2, 0) is 4.74 Å². The standard InChI is InChI=1S/C19H23N3O3/c1-21(15-5-3-2-4-6-15)16-13-19(24-14-16)8-11-22(12-9-19)18(23)17-7-10-20-25-17/h2-7,10,16H,8-9,11-14H2,1H3/t16-/m0/s1. The minimum atomic E-state index is -0.105. The van der Waals surface area contributed by atoms with E-state index in [0.717, 1.165) is 25.9 Å². The van der Waals surface area contributed by atoms with Crippen LogP contribution in [0.2, 0.25) is 0 Å². The number of anilines is 1. The SMILES string of the molecule is CN(c1ccccc1)[C@@H]1COC2(CCN(C(=O)c3ccno3)CC2)C1. The van der Waals surface area contributed by atoms with Crippen molar-refractivity contribution in [1.82, 2.24) is 10.1 Å². The number of hydrogen-bond donors (Lipinski definition) is 0. The number of benzene rings is 1. The molecule has 1 aromatic heterocycles. The van der Waals surface area contributed by atoms with Crippen LogP contribution in [0.1, 0.15) is 29.8 Å². The third kappa shape index (κ3) is 3.14. The quantitative estimate of drug-likeness (QED) is 0.859. The first kappa shape index (κ1) is 16.1. The minimum Gasteiger partial charge on any atom is -0.373 e. The van der Waals surface area contributed by atoms with E-state index in [-0.39, 0.29) is 11.5 Å². The van der Waals surface area contributed by atoms with Crippen LogP contribution in [-0.4, -0.2) is 54.4 Å². The number of carbonyl (C=O) groups is 1. The fourth-order valence-corrected chi connectivity index (χ4v) is 3.89. The zero-order chi connectivity index (χ0) is 17.3. The summed E-state index contributed by atoms with van der Waals surface area (Å²) in [5, 5.41) is 3.61. The highest BCUT2D eigenvalue weighted by molar-refractivity contribution is 5.91. The summed E-state index contributed by atoms with van der Waals surface area (Å²) in [5.41, 5.74) is 1.11. The molecule has 2 aromatic rings. The van der Waals surface area contributed by atoms with Gasteiger partial charge in [0.25, 0.3) is 5.91 Å². The van der Waals surface area contributed by atoms with Crippen LogP contribution < -0.4 is 4.90 Å². The molecule has 1 amide bonds. The first-order valence-electron chi connectivity index (χ1n) is 8.79. The Bertz CT molecular complexity index is 709. The number of nitrogens with zero attached hydrogens (tertiary/aromatic N) is 3.